The normalized spacial score (nSPS) is 10.7. The van der Waals surface area contributed by atoms with E-state index in [2.05, 4.69) is 27.1 Å². The van der Waals surface area contributed by atoms with Crippen LogP contribution in [0.1, 0.15) is 5.56 Å². The number of ether oxygens (including phenoxy) is 2. The van der Waals surface area contributed by atoms with Gasteiger partial charge in [0.05, 0.1) is 14.2 Å². The van der Waals surface area contributed by atoms with Gasteiger partial charge in [-0.3, -0.25) is 0 Å². The summed E-state index contributed by atoms with van der Waals surface area (Å²) in [7, 11) is 2.95. The topological polar surface area (TPSA) is 54.3 Å². The van der Waals surface area contributed by atoms with Crippen LogP contribution in [0.5, 0.6) is 11.5 Å². The Morgan fingerprint density at radius 2 is 2.00 bits per heavy atom. The van der Waals surface area contributed by atoms with E-state index in [1.165, 1.54) is 26.5 Å². The molecule has 22 heavy (non-hydrogen) atoms. The second-order valence-electron chi connectivity index (χ2n) is 4.36. The fraction of sp³-hybridized carbons (Fsp3) is 0.133. The lowest BCUT2D eigenvalue weighted by molar-refractivity contribution is 0.375. The third kappa shape index (κ3) is 3.50. The second kappa shape index (κ2) is 7.74. The van der Waals surface area contributed by atoms with Crippen molar-refractivity contribution < 1.29 is 13.9 Å². The Morgan fingerprint density at radius 1 is 1.23 bits per heavy atom. The van der Waals surface area contributed by atoms with Crippen LogP contribution in [0.4, 0.5) is 10.1 Å². The van der Waals surface area contributed by atoms with Crippen molar-refractivity contribution in [3.05, 3.63) is 41.7 Å². The SMILES string of the molecule is COc1cc(OC)c(F)c(-c2ccc(C=N)c(NPI)c2)c1. The molecule has 0 aliphatic heterocycles. The summed E-state index contributed by atoms with van der Waals surface area (Å²) >= 11 is 2.21. The molecule has 0 saturated heterocycles. The highest BCUT2D eigenvalue weighted by Gasteiger charge is 2.15. The number of anilines is 1. The monoisotopic (exact) mass is 432 g/mol. The Balaban J connectivity index is 2.60. The molecule has 0 aliphatic carbocycles. The molecule has 2 rings (SSSR count). The lowest BCUT2D eigenvalue weighted by Crippen LogP contribution is -1.96. The van der Waals surface area contributed by atoms with Crippen LogP contribution in [0.25, 0.3) is 11.1 Å². The maximum absolute atomic E-state index is 14.5. The molecule has 4 nitrogen and oxygen atoms in total. The van der Waals surface area contributed by atoms with E-state index in [0.717, 1.165) is 11.3 Å². The van der Waals surface area contributed by atoms with Crippen molar-refractivity contribution in [1.29, 1.82) is 5.41 Å². The first-order valence-electron chi connectivity index (χ1n) is 6.32. The Kier molecular flexibility index (Phi) is 5.97. The third-order valence-corrected chi connectivity index (χ3v) is 4.34. The quantitative estimate of drug-likeness (QED) is 0.390. The summed E-state index contributed by atoms with van der Waals surface area (Å²) in [5, 5.41) is 10.6. The van der Waals surface area contributed by atoms with Crippen molar-refractivity contribution in [2.75, 3.05) is 19.3 Å². The molecule has 2 aromatic carbocycles. The maximum atomic E-state index is 14.5. The molecule has 0 fully saturated rings. The predicted octanol–water partition coefficient (Wildman–Crippen LogP) is 4.86. The molecule has 2 N–H and O–H groups in total. The summed E-state index contributed by atoms with van der Waals surface area (Å²) in [6, 6.07) is 8.53. The summed E-state index contributed by atoms with van der Waals surface area (Å²) < 4.78 is 24.8. The molecule has 0 amide bonds. The summed E-state index contributed by atoms with van der Waals surface area (Å²) in [5.74, 6) is 0.221. The lowest BCUT2D eigenvalue weighted by Gasteiger charge is -2.13. The molecule has 0 spiro atoms. The van der Waals surface area contributed by atoms with Crippen LogP contribution in [0.3, 0.4) is 0 Å². The lowest BCUT2D eigenvalue weighted by atomic mass is 10.0. The first-order valence-corrected chi connectivity index (χ1v) is 10.4. The van der Waals surface area contributed by atoms with Crippen molar-refractivity contribution in [2.24, 2.45) is 0 Å². The summed E-state index contributed by atoms with van der Waals surface area (Å²) in [6.45, 7) is 0. The highest BCUT2D eigenvalue weighted by Crippen LogP contribution is 2.36. The van der Waals surface area contributed by atoms with Gasteiger partial charge in [-0.25, -0.2) is 4.39 Å². The summed E-state index contributed by atoms with van der Waals surface area (Å²) in [6.07, 6.45) is 1.72. The Bertz CT molecular complexity index is 697. The first-order chi connectivity index (χ1) is 10.6. The first kappa shape index (κ1) is 17.0. The zero-order valence-electron chi connectivity index (χ0n) is 12.0. The molecule has 116 valence electrons. The molecule has 7 heteroatoms. The average molecular weight is 432 g/mol. The van der Waals surface area contributed by atoms with Gasteiger partial charge in [0.1, 0.15) is 5.75 Å². The van der Waals surface area contributed by atoms with Crippen LogP contribution in [0.15, 0.2) is 30.3 Å². The second-order valence-corrected chi connectivity index (χ2v) is 6.41. The van der Waals surface area contributed by atoms with E-state index in [0.29, 0.717) is 23.3 Å². The molecular weight excluding hydrogens is 417 g/mol. The molecule has 1 atom stereocenters. The van der Waals surface area contributed by atoms with Gasteiger partial charge in [-0.1, -0.05) is 12.1 Å². The molecule has 0 saturated carbocycles. The minimum absolute atomic E-state index is 0.135. The summed E-state index contributed by atoms with van der Waals surface area (Å²) in [4.78, 5) is 0. The van der Waals surface area contributed by atoms with Crippen molar-refractivity contribution in [1.82, 2.24) is 0 Å². The van der Waals surface area contributed by atoms with E-state index in [9.17, 15) is 4.39 Å². The standard InChI is InChI=1S/C15H15FIN2O2P/c1-20-11-6-12(15(16)14(7-11)21-2)9-3-4-10(8-18)13(5-9)19-22-17/h3-8,18-19,22H,1-2H3. The fourth-order valence-corrected chi connectivity index (χ4v) is 3.25. The van der Waals surface area contributed by atoms with Crippen LogP contribution >= 0.6 is 28.4 Å². The number of hydrogen-bond donors (Lipinski definition) is 2. The molecule has 2 aromatic rings. The predicted molar refractivity (Wildman–Crippen MR) is 98.8 cm³/mol. The van der Waals surface area contributed by atoms with Crippen molar-refractivity contribution in [2.45, 2.75) is 0 Å². The van der Waals surface area contributed by atoms with Gasteiger partial charge < -0.3 is 20.0 Å². The zero-order valence-corrected chi connectivity index (χ0v) is 15.2. The highest BCUT2D eigenvalue weighted by atomic mass is 127. The maximum Gasteiger partial charge on any atom is 0.173 e. The van der Waals surface area contributed by atoms with E-state index in [-0.39, 0.29) is 5.75 Å². The molecule has 0 aliphatic rings. The van der Waals surface area contributed by atoms with Crippen molar-refractivity contribution >= 4 is 40.3 Å². The summed E-state index contributed by atoms with van der Waals surface area (Å²) in [5.41, 5.74) is 2.63. The number of rotatable bonds is 6. The Hall–Kier alpha value is -1.40. The number of benzene rings is 2. The molecule has 0 heterocycles. The van der Waals surface area contributed by atoms with Gasteiger partial charge in [0.15, 0.2) is 11.6 Å². The third-order valence-electron chi connectivity index (χ3n) is 3.17. The number of hydrogen-bond acceptors (Lipinski definition) is 4. The van der Waals surface area contributed by atoms with Crippen LogP contribution in [0.2, 0.25) is 0 Å². The van der Waals surface area contributed by atoms with E-state index in [1.54, 1.807) is 18.2 Å². The van der Waals surface area contributed by atoms with Crippen molar-refractivity contribution in [3.63, 3.8) is 0 Å². The van der Waals surface area contributed by atoms with Gasteiger partial charge in [-0.2, -0.15) is 0 Å². The van der Waals surface area contributed by atoms with Gasteiger partial charge in [0, 0.05) is 35.5 Å². The minimum atomic E-state index is -0.436. The van der Waals surface area contributed by atoms with Crippen molar-refractivity contribution in [3.8, 4) is 22.6 Å². The molecular formula is C15H15FIN2O2P. The highest BCUT2D eigenvalue weighted by molar-refractivity contribution is 14.2. The molecule has 0 aromatic heterocycles. The van der Waals surface area contributed by atoms with E-state index in [1.807, 2.05) is 6.07 Å². The van der Waals surface area contributed by atoms with Crippen LogP contribution in [0, 0.1) is 11.2 Å². The fourth-order valence-electron chi connectivity index (χ4n) is 2.06. The molecule has 1 unspecified atom stereocenters. The zero-order chi connectivity index (χ0) is 16.1. The Labute approximate surface area is 143 Å². The van der Waals surface area contributed by atoms with Gasteiger partial charge in [-0.05, 0) is 39.7 Å². The smallest absolute Gasteiger partial charge is 0.173 e. The van der Waals surface area contributed by atoms with Crippen LogP contribution in [-0.2, 0) is 0 Å². The van der Waals surface area contributed by atoms with Gasteiger partial charge in [0.25, 0.3) is 0 Å². The van der Waals surface area contributed by atoms with E-state index in [4.69, 9.17) is 14.9 Å². The number of halogens is 2. The van der Waals surface area contributed by atoms with Crippen LogP contribution in [-0.4, -0.2) is 20.4 Å². The number of nitrogens with one attached hydrogen (secondary N) is 2. The minimum Gasteiger partial charge on any atom is -0.497 e. The molecule has 0 bridgehead atoms. The molecule has 0 radical (unpaired) electrons. The van der Waals surface area contributed by atoms with Gasteiger partial charge in [-0.15, -0.1) is 0 Å². The van der Waals surface area contributed by atoms with E-state index < -0.39 is 5.82 Å². The largest absolute Gasteiger partial charge is 0.497 e. The number of methoxy groups -OCH3 is 2. The van der Waals surface area contributed by atoms with E-state index >= 15 is 0 Å². The Morgan fingerprint density at radius 3 is 2.59 bits per heavy atom. The van der Waals surface area contributed by atoms with Gasteiger partial charge in [0.2, 0.25) is 0 Å². The van der Waals surface area contributed by atoms with Gasteiger partial charge >= 0.3 is 0 Å². The van der Waals surface area contributed by atoms with Crippen LogP contribution < -0.4 is 14.6 Å². The average Bonchev–Trinajstić information content (AvgIpc) is 2.55.